The number of hydrogen-bond donors (Lipinski definition) is 4. The van der Waals surface area contributed by atoms with Crippen molar-refractivity contribution < 1.29 is 39.5 Å². The summed E-state index contributed by atoms with van der Waals surface area (Å²) in [5, 5.41) is 37.1. The van der Waals surface area contributed by atoms with Crippen LogP contribution in [0.5, 0.6) is 0 Å². The molecule has 0 radical (unpaired) electrons. The van der Waals surface area contributed by atoms with Gasteiger partial charge < -0.3 is 29.9 Å². The van der Waals surface area contributed by atoms with E-state index < -0.39 is 36.2 Å². The van der Waals surface area contributed by atoms with Crippen LogP contribution in [0.25, 0.3) is 0 Å². The van der Waals surface area contributed by atoms with Gasteiger partial charge in [0.15, 0.2) is 0 Å². The first-order chi connectivity index (χ1) is 9.07. The molecule has 3 atom stereocenters. The first kappa shape index (κ1) is 18.8. The highest BCUT2D eigenvalue weighted by atomic mass is 16.8. The zero-order valence-corrected chi connectivity index (χ0v) is 11.8. The standard InChI is InChI=1S/C12H22O8/c1-7(13)5-4-6-12(18,19-10(16)8(2)14)20-11(17)9(3)15/h7-9,13-15,18H,4-6H2,1-3H3. The summed E-state index contributed by atoms with van der Waals surface area (Å²) in [6.07, 6.45) is -3.49. The maximum atomic E-state index is 11.3. The number of carbonyl (C=O) groups is 2. The summed E-state index contributed by atoms with van der Waals surface area (Å²) in [7, 11) is 0. The minimum absolute atomic E-state index is 0.189. The summed E-state index contributed by atoms with van der Waals surface area (Å²) < 4.78 is 9.07. The zero-order chi connectivity index (χ0) is 15.9. The van der Waals surface area contributed by atoms with E-state index in [2.05, 4.69) is 9.47 Å². The van der Waals surface area contributed by atoms with Crippen LogP contribution in [-0.4, -0.2) is 56.6 Å². The number of aliphatic hydroxyl groups is 4. The van der Waals surface area contributed by atoms with Crippen LogP contribution in [-0.2, 0) is 19.1 Å². The molecule has 118 valence electrons. The van der Waals surface area contributed by atoms with Crippen molar-refractivity contribution in [2.75, 3.05) is 0 Å². The van der Waals surface area contributed by atoms with Gasteiger partial charge in [0.05, 0.1) is 12.5 Å². The molecule has 0 aliphatic carbocycles. The van der Waals surface area contributed by atoms with Crippen molar-refractivity contribution in [3.05, 3.63) is 0 Å². The number of ether oxygens (including phenoxy) is 2. The Balaban J connectivity index is 4.74. The Morgan fingerprint density at radius 1 is 1.00 bits per heavy atom. The largest absolute Gasteiger partial charge is 0.396 e. The molecule has 0 fully saturated rings. The average molecular weight is 294 g/mol. The molecule has 0 rings (SSSR count). The van der Waals surface area contributed by atoms with Crippen LogP contribution in [0.1, 0.15) is 40.0 Å². The van der Waals surface area contributed by atoms with Crippen LogP contribution < -0.4 is 0 Å². The zero-order valence-electron chi connectivity index (χ0n) is 11.8. The molecule has 0 saturated heterocycles. The van der Waals surface area contributed by atoms with E-state index >= 15 is 0 Å². The highest BCUT2D eigenvalue weighted by molar-refractivity contribution is 5.76. The third-order valence-corrected chi connectivity index (χ3v) is 2.32. The summed E-state index contributed by atoms with van der Waals surface area (Å²) in [6, 6.07) is 0. The van der Waals surface area contributed by atoms with Crippen molar-refractivity contribution in [1.29, 1.82) is 0 Å². The van der Waals surface area contributed by atoms with Crippen molar-refractivity contribution >= 4 is 11.9 Å². The molecule has 0 spiro atoms. The van der Waals surface area contributed by atoms with E-state index in [1.165, 1.54) is 6.92 Å². The first-order valence-electron chi connectivity index (χ1n) is 6.29. The lowest BCUT2D eigenvalue weighted by molar-refractivity contribution is -0.333. The first-order valence-corrected chi connectivity index (χ1v) is 6.29. The second-order valence-corrected chi connectivity index (χ2v) is 4.65. The molecule has 0 heterocycles. The number of carbonyl (C=O) groups excluding carboxylic acids is 2. The number of rotatable bonds is 8. The summed E-state index contributed by atoms with van der Waals surface area (Å²) in [4.78, 5) is 22.5. The maximum absolute atomic E-state index is 11.3. The minimum Gasteiger partial charge on any atom is -0.396 e. The fourth-order valence-corrected chi connectivity index (χ4v) is 1.23. The van der Waals surface area contributed by atoms with Gasteiger partial charge in [-0.05, 0) is 33.6 Å². The van der Waals surface area contributed by atoms with Crippen LogP contribution >= 0.6 is 0 Å². The second-order valence-electron chi connectivity index (χ2n) is 4.65. The van der Waals surface area contributed by atoms with Crippen molar-refractivity contribution in [3.63, 3.8) is 0 Å². The van der Waals surface area contributed by atoms with Gasteiger partial charge in [-0.2, -0.15) is 0 Å². The van der Waals surface area contributed by atoms with Gasteiger partial charge in [-0.25, -0.2) is 9.59 Å². The molecule has 0 aliphatic rings. The molecule has 0 aromatic carbocycles. The summed E-state index contributed by atoms with van der Waals surface area (Å²) in [5.41, 5.74) is 0. The van der Waals surface area contributed by atoms with Crippen LogP contribution in [0.15, 0.2) is 0 Å². The maximum Gasteiger partial charge on any atom is 0.373 e. The van der Waals surface area contributed by atoms with E-state index in [-0.39, 0.29) is 19.3 Å². The van der Waals surface area contributed by atoms with Gasteiger partial charge in [0.1, 0.15) is 12.2 Å². The summed E-state index contributed by atoms with van der Waals surface area (Å²) >= 11 is 0. The van der Waals surface area contributed by atoms with Crippen LogP contribution in [0.2, 0.25) is 0 Å². The molecule has 3 unspecified atom stereocenters. The monoisotopic (exact) mass is 294 g/mol. The van der Waals surface area contributed by atoms with Gasteiger partial charge in [-0.3, -0.25) is 0 Å². The minimum atomic E-state index is -2.59. The Kier molecular flexibility index (Phi) is 7.66. The van der Waals surface area contributed by atoms with Crippen LogP contribution in [0, 0.1) is 0 Å². The number of aliphatic hydroxyl groups excluding tert-OH is 3. The summed E-state index contributed by atoms with van der Waals surface area (Å²) in [6.45, 7) is 3.77. The van der Waals surface area contributed by atoms with E-state index in [0.717, 1.165) is 13.8 Å². The highest BCUT2D eigenvalue weighted by Crippen LogP contribution is 2.20. The van der Waals surface area contributed by atoms with Crippen molar-refractivity contribution in [1.82, 2.24) is 0 Å². The third kappa shape index (κ3) is 7.39. The molecule has 0 amide bonds. The Hall–Kier alpha value is -1.22. The van der Waals surface area contributed by atoms with Gasteiger partial charge in [0.2, 0.25) is 0 Å². The van der Waals surface area contributed by atoms with Gasteiger partial charge in [0.25, 0.3) is 0 Å². The predicted molar refractivity (Wildman–Crippen MR) is 66.0 cm³/mol. The topological polar surface area (TPSA) is 134 Å². The van der Waals surface area contributed by atoms with E-state index in [9.17, 15) is 14.7 Å². The van der Waals surface area contributed by atoms with E-state index in [1.807, 2.05) is 0 Å². The van der Waals surface area contributed by atoms with Crippen LogP contribution in [0.4, 0.5) is 0 Å². The normalized spacial score (nSPS) is 18.6. The quantitative estimate of drug-likeness (QED) is 0.332. The SMILES string of the molecule is CC(O)CCCC(O)(OC(=O)C(C)O)OC(=O)C(C)O. The molecule has 0 aromatic heterocycles. The Morgan fingerprint density at radius 3 is 1.70 bits per heavy atom. The van der Waals surface area contributed by atoms with Gasteiger partial charge >= 0.3 is 17.9 Å². The fourth-order valence-electron chi connectivity index (χ4n) is 1.23. The molecule has 20 heavy (non-hydrogen) atoms. The lowest BCUT2D eigenvalue weighted by Crippen LogP contribution is -2.44. The van der Waals surface area contributed by atoms with E-state index in [1.54, 1.807) is 0 Å². The number of esters is 2. The third-order valence-electron chi connectivity index (χ3n) is 2.32. The van der Waals surface area contributed by atoms with Gasteiger partial charge in [0, 0.05) is 0 Å². The molecule has 8 nitrogen and oxygen atoms in total. The van der Waals surface area contributed by atoms with E-state index in [0.29, 0.717) is 0 Å². The molecule has 8 heteroatoms. The van der Waals surface area contributed by atoms with Crippen molar-refractivity contribution in [2.45, 2.75) is 64.3 Å². The van der Waals surface area contributed by atoms with Crippen molar-refractivity contribution in [3.8, 4) is 0 Å². The molecule has 0 bridgehead atoms. The Morgan fingerprint density at radius 2 is 1.40 bits per heavy atom. The van der Waals surface area contributed by atoms with Gasteiger partial charge in [-0.1, -0.05) is 0 Å². The molecular formula is C12H22O8. The highest BCUT2D eigenvalue weighted by Gasteiger charge is 2.38. The van der Waals surface area contributed by atoms with Crippen molar-refractivity contribution in [2.24, 2.45) is 0 Å². The lowest BCUT2D eigenvalue weighted by atomic mass is 10.1. The Labute approximate surface area is 116 Å². The lowest BCUT2D eigenvalue weighted by Gasteiger charge is -2.28. The van der Waals surface area contributed by atoms with Crippen LogP contribution in [0.3, 0.4) is 0 Å². The predicted octanol–water partition coefficient (Wildman–Crippen LogP) is -0.968. The summed E-state index contributed by atoms with van der Waals surface area (Å²) in [5.74, 6) is -4.94. The Bertz CT molecular complexity index is 301. The number of hydrogen-bond acceptors (Lipinski definition) is 8. The molecule has 4 N–H and O–H groups in total. The molecule has 0 aromatic rings. The average Bonchev–Trinajstić information content (AvgIpc) is 2.27. The molecule has 0 saturated carbocycles. The van der Waals surface area contributed by atoms with E-state index in [4.69, 9.17) is 15.3 Å². The molecule has 0 aliphatic heterocycles. The molecular weight excluding hydrogens is 272 g/mol. The second kappa shape index (κ2) is 8.15. The fraction of sp³-hybridized carbons (Fsp3) is 0.833. The smallest absolute Gasteiger partial charge is 0.373 e. The van der Waals surface area contributed by atoms with Gasteiger partial charge in [-0.15, -0.1) is 0 Å².